The van der Waals surface area contributed by atoms with Gasteiger partial charge in [-0.05, 0) is 0 Å². The molecule has 31 nitrogen and oxygen atoms in total. The number of rotatable bonds is 22. The van der Waals surface area contributed by atoms with Gasteiger partial charge >= 0.3 is 5.97 Å². The molecule has 4 saturated heterocycles. The van der Waals surface area contributed by atoms with Crippen molar-refractivity contribution in [3.63, 3.8) is 0 Å². The molecular weight excluding hydrogens is 936 g/mol. The zero-order valence-electron chi connectivity index (χ0n) is 36.2. The van der Waals surface area contributed by atoms with Gasteiger partial charge in [0.25, 0.3) is 5.79 Å². The van der Waals surface area contributed by atoms with Crippen molar-refractivity contribution in [3.8, 4) is 0 Å². The maximum Gasteiger partial charge on any atom is 0.364 e. The molecule has 0 bridgehead atoms. The van der Waals surface area contributed by atoms with E-state index in [-0.39, 0.29) is 6.29 Å². The minimum atomic E-state index is -3.20. The maximum atomic E-state index is 13.0. The summed E-state index contributed by atoms with van der Waals surface area (Å²) in [6.07, 6.45) is -47.8. The molecule has 31 heteroatoms. The number of amides is 2. The van der Waals surface area contributed by atoms with Crippen LogP contribution in [0.1, 0.15) is 20.3 Å². The lowest BCUT2D eigenvalue weighted by Crippen LogP contribution is -2.71. The standard InChI is InChI=1S/C37H62N2O29/c1-10(46)38-19-12(48)3-37(36(59)60,67-30(19)22(53)14(50)5-41)68-32-25(56)18(9-45)63-35(27(32)58)65-29-20(39-11(2)47)33(61-16(7-43)23(29)54)66-31-24(55)17(8-44)62-34(26(31)57)64-28(15(51)6-42)21(52)13(49)4-40/h4,12-35,41-45,48-58H,3,5-9H2,1-2H3,(H,38,46)(H,39,47)(H,59,60). The highest BCUT2D eigenvalue weighted by atomic mass is 16.8. The van der Waals surface area contributed by atoms with E-state index in [0.717, 1.165) is 13.8 Å². The molecule has 0 aromatic rings. The summed E-state index contributed by atoms with van der Waals surface area (Å²) in [6.45, 7) is -3.65. The fraction of sp³-hybridized carbons (Fsp3) is 0.892. The lowest BCUT2D eigenvalue weighted by atomic mass is 9.88. The molecule has 4 fully saturated rings. The van der Waals surface area contributed by atoms with Gasteiger partial charge in [0.05, 0.1) is 45.2 Å². The first-order chi connectivity index (χ1) is 31.9. The van der Waals surface area contributed by atoms with E-state index in [0.29, 0.717) is 0 Å². The molecule has 4 rings (SSSR count). The second kappa shape index (κ2) is 25.0. The third-order valence-electron chi connectivity index (χ3n) is 11.6. The largest absolute Gasteiger partial charge is 0.477 e. The summed E-state index contributed by atoms with van der Waals surface area (Å²) >= 11 is 0. The van der Waals surface area contributed by atoms with Gasteiger partial charge in [-0.2, -0.15) is 0 Å². The van der Waals surface area contributed by atoms with Crippen LogP contribution >= 0.6 is 0 Å². The molecule has 0 aromatic carbocycles. The van der Waals surface area contributed by atoms with Crippen LogP contribution in [0.3, 0.4) is 0 Å². The number of carboxylic acids is 1. The van der Waals surface area contributed by atoms with Crippen molar-refractivity contribution in [2.24, 2.45) is 0 Å². The number of aliphatic carboxylic acids is 1. The van der Waals surface area contributed by atoms with Crippen LogP contribution in [0, 0.1) is 0 Å². The van der Waals surface area contributed by atoms with Crippen molar-refractivity contribution < 1.29 is 144 Å². The first-order valence-electron chi connectivity index (χ1n) is 21.0. The van der Waals surface area contributed by atoms with Gasteiger partial charge in [-0.15, -0.1) is 0 Å². The van der Waals surface area contributed by atoms with Gasteiger partial charge < -0.3 is 140 Å². The predicted molar refractivity (Wildman–Crippen MR) is 208 cm³/mol. The Kier molecular flexibility index (Phi) is 21.2. The number of ether oxygens (including phenoxy) is 8. The van der Waals surface area contributed by atoms with Crippen molar-refractivity contribution in [2.45, 2.75) is 173 Å². The zero-order chi connectivity index (χ0) is 51.1. The number of carboxylic acid groups (broad SMARTS) is 1. The summed E-state index contributed by atoms with van der Waals surface area (Å²) in [5, 5.41) is 184. The molecule has 19 N–H and O–H groups in total. The number of hydrogen-bond acceptors (Lipinski definition) is 28. The Morgan fingerprint density at radius 1 is 0.662 bits per heavy atom. The molecule has 0 spiro atoms. The van der Waals surface area contributed by atoms with E-state index in [1.165, 1.54) is 0 Å². The Morgan fingerprint density at radius 3 is 1.63 bits per heavy atom. The van der Waals surface area contributed by atoms with E-state index in [1.807, 2.05) is 0 Å². The van der Waals surface area contributed by atoms with Gasteiger partial charge in [0.1, 0.15) is 116 Å². The Hall–Kier alpha value is -2.88. The summed E-state index contributed by atoms with van der Waals surface area (Å²) in [5.41, 5.74) is 0. The fourth-order valence-corrected chi connectivity index (χ4v) is 8.08. The van der Waals surface area contributed by atoms with Crippen LogP contribution in [-0.2, 0) is 57.1 Å². The molecule has 4 aliphatic heterocycles. The quantitative estimate of drug-likeness (QED) is 0.0448. The summed E-state index contributed by atoms with van der Waals surface area (Å²) in [7, 11) is 0. The molecule has 0 aliphatic carbocycles. The van der Waals surface area contributed by atoms with E-state index in [1.54, 1.807) is 0 Å². The number of nitrogens with one attached hydrogen (secondary N) is 2. The molecule has 68 heavy (non-hydrogen) atoms. The maximum absolute atomic E-state index is 13.0. The average Bonchev–Trinajstić information content (AvgIpc) is 3.30. The highest BCUT2D eigenvalue weighted by Crippen LogP contribution is 2.39. The van der Waals surface area contributed by atoms with Gasteiger partial charge in [-0.3, -0.25) is 9.59 Å². The Labute approximate surface area is 384 Å². The van der Waals surface area contributed by atoms with E-state index >= 15 is 0 Å². The SMILES string of the molecule is CC(=O)NC1C(O)CC(OC2C(O)C(CO)OC(OC3C(O)C(CO)OC(OC4C(O)C(CO)OC(OC(C(O)CO)C(O)C(O)C=O)C4O)C3NC(C)=O)C2O)(C(=O)O)OC1C(O)C(O)CO. The summed E-state index contributed by atoms with van der Waals surface area (Å²) in [4.78, 5) is 48.8. The number of aldehydes is 1. The van der Waals surface area contributed by atoms with E-state index in [9.17, 15) is 106 Å². The van der Waals surface area contributed by atoms with E-state index < -0.39 is 210 Å². The smallest absolute Gasteiger partial charge is 0.364 e. The summed E-state index contributed by atoms with van der Waals surface area (Å²) < 4.78 is 45.1. The zero-order valence-corrected chi connectivity index (χ0v) is 36.2. The normalized spacial score (nSPS) is 41.6. The lowest BCUT2D eigenvalue weighted by Gasteiger charge is -2.51. The number of carbonyl (C=O) groups is 4. The van der Waals surface area contributed by atoms with Crippen molar-refractivity contribution in [3.05, 3.63) is 0 Å². The van der Waals surface area contributed by atoms with Crippen LogP contribution in [-0.4, -0.2) is 297 Å². The third kappa shape index (κ3) is 12.8. The molecule has 2 amide bonds. The fourth-order valence-electron chi connectivity index (χ4n) is 8.08. The summed E-state index contributed by atoms with van der Waals surface area (Å²) in [6, 6.07) is -3.56. The van der Waals surface area contributed by atoms with Crippen molar-refractivity contribution in [1.29, 1.82) is 0 Å². The van der Waals surface area contributed by atoms with Crippen LogP contribution in [0.5, 0.6) is 0 Å². The van der Waals surface area contributed by atoms with Gasteiger partial charge in [0.2, 0.25) is 11.8 Å². The molecule has 0 radical (unpaired) electrons. The first kappa shape index (κ1) is 57.7. The summed E-state index contributed by atoms with van der Waals surface area (Å²) in [5.74, 6) is -7.05. The molecule has 4 heterocycles. The second-order valence-corrected chi connectivity index (χ2v) is 16.5. The van der Waals surface area contributed by atoms with Crippen LogP contribution in [0.2, 0.25) is 0 Å². The van der Waals surface area contributed by atoms with Crippen molar-refractivity contribution in [2.75, 3.05) is 33.0 Å². The molecule has 394 valence electrons. The first-order valence-corrected chi connectivity index (χ1v) is 21.0. The molecule has 25 unspecified atom stereocenters. The predicted octanol–water partition coefficient (Wildman–Crippen LogP) is -12.6. The lowest BCUT2D eigenvalue weighted by molar-refractivity contribution is -0.387. The van der Waals surface area contributed by atoms with Crippen molar-refractivity contribution >= 4 is 24.1 Å². The monoisotopic (exact) mass is 998 g/mol. The number of carbonyl (C=O) groups excluding carboxylic acids is 3. The Bertz CT molecular complexity index is 1640. The molecule has 25 atom stereocenters. The average molecular weight is 999 g/mol. The van der Waals surface area contributed by atoms with Crippen molar-refractivity contribution in [1.82, 2.24) is 10.6 Å². The van der Waals surface area contributed by atoms with Crippen LogP contribution < -0.4 is 10.6 Å². The molecule has 4 aliphatic rings. The third-order valence-corrected chi connectivity index (χ3v) is 11.6. The van der Waals surface area contributed by atoms with E-state index in [2.05, 4.69) is 10.6 Å². The van der Waals surface area contributed by atoms with E-state index in [4.69, 9.17) is 37.9 Å². The molecule has 0 saturated carbocycles. The van der Waals surface area contributed by atoms with Crippen LogP contribution in [0.4, 0.5) is 0 Å². The van der Waals surface area contributed by atoms with Gasteiger partial charge in [0.15, 0.2) is 25.2 Å². The highest BCUT2D eigenvalue weighted by molar-refractivity contribution is 5.76. The number of aliphatic hydroxyl groups is 16. The number of hydrogen-bond donors (Lipinski definition) is 19. The van der Waals surface area contributed by atoms with Crippen LogP contribution in [0.25, 0.3) is 0 Å². The second-order valence-electron chi connectivity index (χ2n) is 16.5. The molecular formula is C37H62N2O29. The van der Waals surface area contributed by atoms with Gasteiger partial charge in [-0.1, -0.05) is 0 Å². The highest BCUT2D eigenvalue weighted by Gasteiger charge is 2.61. The van der Waals surface area contributed by atoms with Crippen LogP contribution in [0.15, 0.2) is 0 Å². The minimum absolute atomic E-state index is 0.150. The minimum Gasteiger partial charge on any atom is -0.477 e. The molecule has 0 aromatic heterocycles. The Balaban J connectivity index is 1.70. The number of aliphatic hydroxyl groups excluding tert-OH is 16. The van der Waals surface area contributed by atoms with Gasteiger partial charge in [-0.25, -0.2) is 4.79 Å². The van der Waals surface area contributed by atoms with Gasteiger partial charge in [0, 0.05) is 20.3 Å². The Morgan fingerprint density at radius 2 is 1.13 bits per heavy atom. The topological polar surface area (TPSA) is 510 Å².